The maximum Gasteiger partial charge on any atom is 0.266 e. The number of anilines is 3. The Bertz CT molecular complexity index is 911. The van der Waals surface area contributed by atoms with Crippen LogP contribution in [0.4, 0.5) is 17.1 Å². The van der Waals surface area contributed by atoms with Gasteiger partial charge in [-0.25, -0.2) is 0 Å². The summed E-state index contributed by atoms with van der Waals surface area (Å²) in [5.74, 6) is -0.446. The molecule has 1 aliphatic rings. The summed E-state index contributed by atoms with van der Waals surface area (Å²) in [5, 5.41) is 21.2. The average molecular weight is 406 g/mol. The third-order valence-corrected chi connectivity index (χ3v) is 4.95. The Morgan fingerprint density at radius 2 is 1.87 bits per heavy atom. The van der Waals surface area contributed by atoms with E-state index >= 15 is 0 Å². The SMILES string of the molecule is CN(CCO)c1ccc(/C=C(\C#N)C(=O)Nc2ccc(N3CCOCC3)cc2)cc1. The first kappa shape index (κ1) is 21.4. The van der Waals surface area contributed by atoms with E-state index in [1.807, 2.05) is 66.5 Å². The quantitative estimate of drug-likeness (QED) is 0.543. The first-order valence-corrected chi connectivity index (χ1v) is 9.88. The second kappa shape index (κ2) is 10.4. The van der Waals surface area contributed by atoms with E-state index in [2.05, 4.69) is 10.2 Å². The Balaban J connectivity index is 1.65. The molecular formula is C23H26N4O3. The van der Waals surface area contributed by atoms with Crippen LogP contribution in [0.5, 0.6) is 0 Å². The number of rotatable bonds is 7. The summed E-state index contributed by atoms with van der Waals surface area (Å²) in [7, 11) is 1.89. The van der Waals surface area contributed by atoms with Crippen LogP contribution in [0.25, 0.3) is 6.08 Å². The number of benzene rings is 2. The number of nitrogens with zero attached hydrogens (tertiary/aromatic N) is 3. The number of carbonyl (C=O) groups excluding carboxylic acids is 1. The van der Waals surface area contributed by atoms with E-state index in [1.54, 1.807) is 6.08 Å². The van der Waals surface area contributed by atoms with Gasteiger partial charge in [-0.2, -0.15) is 5.26 Å². The summed E-state index contributed by atoms with van der Waals surface area (Å²) in [6.45, 7) is 3.74. The Labute approximate surface area is 176 Å². The molecule has 7 nitrogen and oxygen atoms in total. The molecule has 0 radical (unpaired) electrons. The molecule has 2 aromatic rings. The summed E-state index contributed by atoms with van der Waals surface area (Å²) >= 11 is 0. The number of ether oxygens (including phenoxy) is 1. The molecule has 1 saturated heterocycles. The van der Waals surface area contributed by atoms with Gasteiger partial charge in [-0.15, -0.1) is 0 Å². The van der Waals surface area contributed by atoms with Gasteiger partial charge in [0.25, 0.3) is 5.91 Å². The highest BCUT2D eigenvalue weighted by atomic mass is 16.5. The fourth-order valence-electron chi connectivity index (χ4n) is 3.19. The van der Waals surface area contributed by atoms with Crippen LogP contribution < -0.4 is 15.1 Å². The summed E-state index contributed by atoms with van der Waals surface area (Å²) in [6.07, 6.45) is 1.56. The highest BCUT2D eigenvalue weighted by molar-refractivity contribution is 6.09. The molecule has 2 N–H and O–H groups in total. The van der Waals surface area contributed by atoms with Gasteiger partial charge in [-0.05, 0) is 48.0 Å². The highest BCUT2D eigenvalue weighted by Crippen LogP contribution is 2.20. The number of aliphatic hydroxyl groups excluding tert-OH is 1. The normalized spacial score (nSPS) is 14.2. The molecule has 0 bridgehead atoms. The fraction of sp³-hybridized carbons (Fsp3) is 0.304. The first-order valence-electron chi connectivity index (χ1n) is 9.88. The molecule has 0 unspecified atom stereocenters. The summed E-state index contributed by atoms with van der Waals surface area (Å²) in [6, 6.07) is 17.0. The van der Waals surface area contributed by atoms with E-state index in [1.165, 1.54) is 0 Å². The van der Waals surface area contributed by atoms with Crippen LogP contribution in [0, 0.1) is 11.3 Å². The Morgan fingerprint density at radius 3 is 2.47 bits per heavy atom. The smallest absolute Gasteiger partial charge is 0.266 e. The Kier molecular flexibility index (Phi) is 7.44. The molecule has 2 aromatic carbocycles. The lowest BCUT2D eigenvalue weighted by molar-refractivity contribution is -0.112. The molecule has 1 fully saturated rings. The topological polar surface area (TPSA) is 88.8 Å². The van der Waals surface area contributed by atoms with Crippen molar-refractivity contribution in [2.75, 3.05) is 61.6 Å². The molecule has 0 spiro atoms. The van der Waals surface area contributed by atoms with Crippen molar-refractivity contribution in [1.82, 2.24) is 0 Å². The van der Waals surface area contributed by atoms with E-state index < -0.39 is 5.91 Å². The zero-order valence-electron chi connectivity index (χ0n) is 17.0. The van der Waals surface area contributed by atoms with Crippen LogP contribution in [0.3, 0.4) is 0 Å². The van der Waals surface area contributed by atoms with Crippen molar-refractivity contribution in [3.63, 3.8) is 0 Å². The summed E-state index contributed by atoms with van der Waals surface area (Å²) in [5.41, 5.74) is 3.46. The van der Waals surface area contributed by atoms with E-state index in [9.17, 15) is 10.1 Å². The van der Waals surface area contributed by atoms with Gasteiger partial charge in [0.1, 0.15) is 11.6 Å². The molecule has 0 aromatic heterocycles. The molecule has 1 aliphatic heterocycles. The lowest BCUT2D eigenvalue weighted by Gasteiger charge is -2.28. The number of carbonyl (C=O) groups is 1. The van der Waals surface area contributed by atoms with E-state index in [0.29, 0.717) is 25.4 Å². The van der Waals surface area contributed by atoms with Gasteiger partial charge in [0.05, 0.1) is 19.8 Å². The van der Waals surface area contributed by atoms with Crippen LogP contribution in [-0.2, 0) is 9.53 Å². The number of hydrogen-bond donors (Lipinski definition) is 2. The number of nitrogens with one attached hydrogen (secondary N) is 1. The molecule has 0 aliphatic carbocycles. The zero-order valence-corrected chi connectivity index (χ0v) is 17.0. The van der Waals surface area contributed by atoms with Gasteiger partial charge >= 0.3 is 0 Å². The van der Waals surface area contributed by atoms with Crippen molar-refractivity contribution in [2.24, 2.45) is 0 Å². The largest absolute Gasteiger partial charge is 0.395 e. The van der Waals surface area contributed by atoms with Crippen molar-refractivity contribution >= 4 is 29.0 Å². The molecule has 7 heteroatoms. The zero-order chi connectivity index (χ0) is 21.3. The van der Waals surface area contributed by atoms with Gasteiger partial charge in [0.2, 0.25) is 0 Å². The molecule has 0 saturated carbocycles. The van der Waals surface area contributed by atoms with Gasteiger partial charge in [-0.3, -0.25) is 4.79 Å². The van der Waals surface area contributed by atoms with Crippen molar-refractivity contribution < 1.29 is 14.6 Å². The second-order valence-corrected chi connectivity index (χ2v) is 7.01. The minimum absolute atomic E-state index is 0.0312. The van der Waals surface area contributed by atoms with Crippen LogP contribution >= 0.6 is 0 Å². The van der Waals surface area contributed by atoms with Gasteiger partial charge in [0.15, 0.2) is 0 Å². The first-order chi connectivity index (χ1) is 14.6. The number of morpholine rings is 1. The van der Waals surface area contributed by atoms with Crippen LogP contribution in [0.15, 0.2) is 54.1 Å². The fourth-order valence-corrected chi connectivity index (χ4v) is 3.19. The van der Waals surface area contributed by atoms with Gasteiger partial charge < -0.3 is 25.0 Å². The monoisotopic (exact) mass is 406 g/mol. The van der Waals surface area contributed by atoms with E-state index in [4.69, 9.17) is 9.84 Å². The van der Waals surface area contributed by atoms with Crippen LogP contribution in [0.1, 0.15) is 5.56 Å². The number of hydrogen-bond acceptors (Lipinski definition) is 6. The summed E-state index contributed by atoms with van der Waals surface area (Å²) in [4.78, 5) is 16.7. The third kappa shape index (κ3) is 5.60. The van der Waals surface area contributed by atoms with Crippen molar-refractivity contribution in [1.29, 1.82) is 5.26 Å². The van der Waals surface area contributed by atoms with Crippen molar-refractivity contribution in [2.45, 2.75) is 0 Å². The predicted octanol–water partition coefficient (Wildman–Crippen LogP) is 2.50. The number of nitriles is 1. The lowest BCUT2D eigenvalue weighted by atomic mass is 10.1. The number of likely N-dealkylation sites (N-methyl/N-ethyl adjacent to an activating group) is 1. The lowest BCUT2D eigenvalue weighted by Crippen LogP contribution is -2.36. The summed E-state index contributed by atoms with van der Waals surface area (Å²) < 4.78 is 5.37. The molecule has 1 heterocycles. The van der Waals surface area contributed by atoms with Gasteiger partial charge in [-0.1, -0.05) is 12.1 Å². The third-order valence-electron chi connectivity index (χ3n) is 4.95. The van der Waals surface area contributed by atoms with E-state index in [-0.39, 0.29) is 12.2 Å². The minimum Gasteiger partial charge on any atom is -0.395 e. The average Bonchev–Trinajstić information content (AvgIpc) is 2.79. The molecular weight excluding hydrogens is 380 g/mol. The maximum atomic E-state index is 12.5. The molecule has 30 heavy (non-hydrogen) atoms. The number of aliphatic hydroxyl groups is 1. The standard InChI is InChI=1S/C23H26N4O3/c1-26(10-13-28)21-6-2-18(3-7-21)16-19(17-24)23(29)25-20-4-8-22(9-5-20)27-11-14-30-15-12-27/h2-9,16,28H,10-15H2,1H3,(H,25,29)/b19-16+. The second-order valence-electron chi connectivity index (χ2n) is 7.01. The number of amides is 1. The highest BCUT2D eigenvalue weighted by Gasteiger charge is 2.13. The van der Waals surface area contributed by atoms with E-state index in [0.717, 1.165) is 30.0 Å². The van der Waals surface area contributed by atoms with Gasteiger partial charge in [0, 0.05) is 43.7 Å². The molecule has 1 amide bonds. The minimum atomic E-state index is -0.446. The van der Waals surface area contributed by atoms with Crippen molar-refractivity contribution in [3.05, 3.63) is 59.7 Å². The predicted molar refractivity (Wildman–Crippen MR) is 118 cm³/mol. The molecule has 156 valence electrons. The molecule has 3 rings (SSSR count). The van der Waals surface area contributed by atoms with Crippen molar-refractivity contribution in [3.8, 4) is 6.07 Å². The Hall–Kier alpha value is -3.34. The Morgan fingerprint density at radius 1 is 1.20 bits per heavy atom. The maximum absolute atomic E-state index is 12.5. The van der Waals surface area contributed by atoms with Crippen LogP contribution in [-0.4, -0.2) is 57.5 Å². The van der Waals surface area contributed by atoms with Crippen LogP contribution in [0.2, 0.25) is 0 Å². The molecule has 0 atom stereocenters.